The molecule has 6 nitrogen and oxygen atoms in total. The highest BCUT2D eigenvalue weighted by molar-refractivity contribution is 5.78. The summed E-state index contributed by atoms with van der Waals surface area (Å²) in [6.07, 6.45) is 4.83. The van der Waals surface area contributed by atoms with E-state index in [9.17, 15) is 9.90 Å². The Balaban J connectivity index is 1.69. The number of likely N-dealkylation sites (N-methyl/N-ethyl adjacent to an activating group) is 1. The van der Waals surface area contributed by atoms with Gasteiger partial charge in [0, 0.05) is 32.0 Å². The Labute approximate surface area is 113 Å². The highest BCUT2D eigenvalue weighted by atomic mass is 16.3. The molecule has 0 radical (unpaired) electrons. The fourth-order valence-corrected chi connectivity index (χ4v) is 2.23. The second-order valence-electron chi connectivity index (χ2n) is 5.12. The molecule has 0 aromatic carbocycles. The van der Waals surface area contributed by atoms with Crippen molar-refractivity contribution in [3.8, 4) is 0 Å². The number of piperidine rings is 1. The van der Waals surface area contributed by atoms with Gasteiger partial charge in [-0.2, -0.15) is 5.10 Å². The molecule has 1 aliphatic heterocycles. The van der Waals surface area contributed by atoms with Gasteiger partial charge in [0.25, 0.3) is 0 Å². The molecule has 1 saturated heterocycles. The minimum atomic E-state index is -0.235. The summed E-state index contributed by atoms with van der Waals surface area (Å²) in [5, 5.41) is 13.6. The van der Waals surface area contributed by atoms with Crippen LogP contribution in [-0.4, -0.2) is 69.9 Å². The predicted octanol–water partition coefficient (Wildman–Crippen LogP) is -0.202. The number of amides is 1. The van der Waals surface area contributed by atoms with E-state index in [1.807, 2.05) is 33.8 Å². The Morgan fingerprint density at radius 1 is 1.47 bits per heavy atom. The van der Waals surface area contributed by atoms with Crippen molar-refractivity contribution in [2.24, 2.45) is 0 Å². The topological polar surface area (TPSA) is 61.6 Å². The number of aliphatic hydroxyl groups is 1. The van der Waals surface area contributed by atoms with Crippen LogP contribution in [-0.2, 0) is 11.3 Å². The number of likely N-dealkylation sites (tertiary alicyclic amines) is 1. The first-order chi connectivity index (χ1) is 9.15. The Kier molecular flexibility index (Phi) is 4.93. The lowest BCUT2D eigenvalue weighted by Gasteiger charge is -2.31. The van der Waals surface area contributed by atoms with Gasteiger partial charge >= 0.3 is 0 Å². The van der Waals surface area contributed by atoms with Gasteiger partial charge in [-0.25, -0.2) is 0 Å². The molecule has 1 fully saturated rings. The molecule has 1 N–H and O–H groups in total. The maximum absolute atomic E-state index is 12.1. The van der Waals surface area contributed by atoms with Gasteiger partial charge in [-0.1, -0.05) is 0 Å². The van der Waals surface area contributed by atoms with Crippen molar-refractivity contribution >= 4 is 5.91 Å². The third kappa shape index (κ3) is 4.33. The molecule has 106 valence electrons. The predicted molar refractivity (Wildman–Crippen MR) is 71.5 cm³/mol. The average Bonchev–Trinajstić information content (AvgIpc) is 2.90. The maximum Gasteiger partial charge on any atom is 0.236 e. The second-order valence-corrected chi connectivity index (χ2v) is 5.12. The van der Waals surface area contributed by atoms with E-state index in [4.69, 9.17) is 0 Å². The number of rotatable bonds is 5. The van der Waals surface area contributed by atoms with E-state index in [0.29, 0.717) is 32.5 Å². The van der Waals surface area contributed by atoms with Crippen LogP contribution in [0.3, 0.4) is 0 Å². The SMILES string of the molecule is CN(CCn1cccn1)CC(=O)N1CCC(O)CC1. The van der Waals surface area contributed by atoms with Crippen LogP contribution >= 0.6 is 0 Å². The van der Waals surface area contributed by atoms with Crippen LogP contribution in [0, 0.1) is 0 Å². The lowest BCUT2D eigenvalue weighted by atomic mass is 10.1. The summed E-state index contributed by atoms with van der Waals surface area (Å²) in [5.41, 5.74) is 0. The van der Waals surface area contributed by atoms with Crippen LogP contribution in [0.5, 0.6) is 0 Å². The standard InChI is InChI=1S/C13H22N4O2/c1-15(9-10-17-6-2-5-14-17)11-13(19)16-7-3-12(18)4-8-16/h2,5-6,12,18H,3-4,7-11H2,1H3. The van der Waals surface area contributed by atoms with E-state index in [1.165, 1.54) is 0 Å². The lowest BCUT2D eigenvalue weighted by molar-refractivity contribution is -0.134. The van der Waals surface area contributed by atoms with Crippen LogP contribution in [0.15, 0.2) is 18.5 Å². The number of hydrogen-bond acceptors (Lipinski definition) is 4. The first kappa shape index (κ1) is 14.0. The molecular formula is C13H22N4O2. The molecule has 1 aliphatic rings. The monoisotopic (exact) mass is 266 g/mol. The molecule has 0 bridgehead atoms. The van der Waals surface area contributed by atoms with Crippen LogP contribution in [0.4, 0.5) is 0 Å². The highest BCUT2D eigenvalue weighted by Gasteiger charge is 2.21. The van der Waals surface area contributed by atoms with Gasteiger partial charge < -0.3 is 10.0 Å². The van der Waals surface area contributed by atoms with Crippen LogP contribution in [0.25, 0.3) is 0 Å². The zero-order chi connectivity index (χ0) is 13.7. The molecule has 0 aliphatic carbocycles. The molecule has 0 unspecified atom stereocenters. The fraction of sp³-hybridized carbons (Fsp3) is 0.692. The number of aliphatic hydroxyl groups excluding tert-OH is 1. The normalized spacial score (nSPS) is 17.1. The van der Waals surface area contributed by atoms with E-state index in [-0.39, 0.29) is 12.0 Å². The number of aromatic nitrogens is 2. The molecule has 2 heterocycles. The maximum atomic E-state index is 12.1. The molecule has 6 heteroatoms. The average molecular weight is 266 g/mol. The summed E-state index contributed by atoms with van der Waals surface area (Å²) >= 11 is 0. The van der Waals surface area contributed by atoms with E-state index in [1.54, 1.807) is 6.20 Å². The van der Waals surface area contributed by atoms with Crippen LogP contribution in [0.1, 0.15) is 12.8 Å². The van der Waals surface area contributed by atoms with E-state index >= 15 is 0 Å². The Morgan fingerprint density at radius 2 is 2.21 bits per heavy atom. The zero-order valence-electron chi connectivity index (χ0n) is 11.4. The zero-order valence-corrected chi connectivity index (χ0v) is 11.4. The van der Waals surface area contributed by atoms with Gasteiger partial charge in [0.05, 0.1) is 19.2 Å². The largest absolute Gasteiger partial charge is 0.393 e. The quantitative estimate of drug-likeness (QED) is 0.801. The molecular weight excluding hydrogens is 244 g/mol. The smallest absolute Gasteiger partial charge is 0.236 e. The van der Waals surface area contributed by atoms with Crippen molar-refractivity contribution in [1.82, 2.24) is 19.6 Å². The van der Waals surface area contributed by atoms with Gasteiger partial charge in [0.2, 0.25) is 5.91 Å². The van der Waals surface area contributed by atoms with Gasteiger partial charge in [-0.3, -0.25) is 14.4 Å². The summed E-state index contributed by atoms with van der Waals surface area (Å²) in [6.45, 7) is 3.36. The van der Waals surface area contributed by atoms with E-state index in [2.05, 4.69) is 5.10 Å². The lowest BCUT2D eigenvalue weighted by Crippen LogP contribution is -2.44. The first-order valence-electron chi connectivity index (χ1n) is 6.77. The summed E-state index contributed by atoms with van der Waals surface area (Å²) in [4.78, 5) is 15.9. The van der Waals surface area contributed by atoms with Gasteiger partial charge in [0.15, 0.2) is 0 Å². The minimum Gasteiger partial charge on any atom is -0.393 e. The van der Waals surface area contributed by atoms with Crippen molar-refractivity contribution in [2.75, 3.05) is 33.2 Å². The minimum absolute atomic E-state index is 0.148. The number of hydrogen-bond donors (Lipinski definition) is 1. The Bertz CT molecular complexity index is 385. The van der Waals surface area contributed by atoms with Crippen molar-refractivity contribution < 1.29 is 9.90 Å². The fourth-order valence-electron chi connectivity index (χ4n) is 2.23. The van der Waals surface area contributed by atoms with E-state index in [0.717, 1.165) is 13.1 Å². The Morgan fingerprint density at radius 3 is 2.84 bits per heavy atom. The number of nitrogens with zero attached hydrogens (tertiary/aromatic N) is 4. The van der Waals surface area contributed by atoms with Crippen LogP contribution < -0.4 is 0 Å². The highest BCUT2D eigenvalue weighted by Crippen LogP contribution is 2.10. The van der Waals surface area contributed by atoms with E-state index < -0.39 is 0 Å². The first-order valence-corrected chi connectivity index (χ1v) is 6.77. The van der Waals surface area contributed by atoms with Gasteiger partial charge in [0.1, 0.15) is 0 Å². The second kappa shape index (κ2) is 6.68. The number of carbonyl (C=O) groups is 1. The Hall–Kier alpha value is -1.40. The van der Waals surface area contributed by atoms with Gasteiger partial charge in [-0.05, 0) is 26.0 Å². The third-order valence-electron chi connectivity index (χ3n) is 3.49. The number of carbonyl (C=O) groups excluding carboxylic acids is 1. The van der Waals surface area contributed by atoms with Crippen molar-refractivity contribution in [3.05, 3.63) is 18.5 Å². The summed E-state index contributed by atoms with van der Waals surface area (Å²) < 4.78 is 1.86. The summed E-state index contributed by atoms with van der Waals surface area (Å²) in [5.74, 6) is 0.148. The molecule has 1 aromatic heterocycles. The molecule has 0 atom stereocenters. The van der Waals surface area contributed by atoms with Crippen molar-refractivity contribution in [1.29, 1.82) is 0 Å². The summed E-state index contributed by atoms with van der Waals surface area (Å²) in [7, 11) is 1.94. The molecule has 0 spiro atoms. The third-order valence-corrected chi connectivity index (χ3v) is 3.49. The van der Waals surface area contributed by atoms with Gasteiger partial charge in [-0.15, -0.1) is 0 Å². The molecule has 1 amide bonds. The van der Waals surface area contributed by atoms with Crippen LogP contribution in [0.2, 0.25) is 0 Å². The van der Waals surface area contributed by atoms with Crippen molar-refractivity contribution in [2.45, 2.75) is 25.5 Å². The molecule has 1 aromatic rings. The molecule has 0 saturated carbocycles. The summed E-state index contributed by atoms with van der Waals surface area (Å²) in [6, 6.07) is 1.89. The van der Waals surface area contributed by atoms with Crippen molar-refractivity contribution in [3.63, 3.8) is 0 Å². The molecule has 19 heavy (non-hydrogen) atoms. The molecule has 2 rings (SSSR count).